The second kappa shape index (κ2) is 12.7. The second-order valence-corrected chi connectivity index (χ2v) is 8.43. The number of benzene rings is 2. The maximum absolute atomic E-state index is 12.9. The average Bonchev–Trinajstić information content (AvgIpc) is 2.77. The third-order valence-corrected chi connectivity index (χ3v) is 5.14. The summed E-state index contributed by atoms with van der Waals surface area (Å²) < 4.78 is 10.4. The maximum Gasteiger partial charge on any atom is 0.408 e. The van der Waals surface area contributed by atoms with Crippen molar-refractivity contribution in [3.8, 4) is 5.75 Å². The first-order chi connectivity index (χ1) is 15.7. The monoisotopic (exact) mass is 475 g/mol. The molecule has 0 aromatic heterocycles. The van der Waals surface area contributed by atoms with Crippen molar-refractivity contribution in [3.05, 3.63) is 64.7 Å². The zero-order valence-corrected chi connectivity index (χ0v) is 19.7. The van der Waals surface area contributed by atoms with E-state index in [1.165, 1.54) is 7.11 Å². The molecule has 0 unspecified atom stereocenters. The number of alkyl carbamates (subject to hydrolysis) is 1. The number of hydrogen-bond donors (Lipinski definition) is 3. The van der Waals surface area contributed by atoms with Gasteiger partial charge in [0.25, 0.3) is 0 Å². The highest BCUT2D eigenvalue weighted by Crippen LogP contribution is 2.25. The molecule has 0 radical (unpaired) electrons. The summed E-state index contributed by atoms with van der Waals surface area (Å²) in [4.78, 5) is 37.2. The van der Waals surface area contributed by atoms with E-state index in [1.807, 2.05) is 44.2 Å². The third kappa shape index (κ3) is 8.65. The van der Waals surface area contributed by atoms with Gasteiger partial charge in [0.2, 0.25) is 11.8 Å². The van der Waals surface area contributed by atoms with Gasteiger partial charge in [-0.05, 0) is 35.6 Å². The number of rotatable bonds is 11. The third-order valence-electron chi connectivity index (χ3n) is 4.84. The highest BCUT2D eigenvalue weighted by atomic mass is 35.5. The van der Waals surface area contributed by atoms with E-state index in [0.29, 0.717) is 22.8 Å². The molecular weight excluding hydrogens is 446 g/mol. The minimum Gasteiger partial charge on any atom is -0.495 e. The zero-order chi connectivity index (χ0) is 24.4. The highest BCUT2D eigenvalue weighted by molar-refractivity contribution is 6.32. The Morgan fingerprint density at radius 3 is 2.27 bits per heavy atom. The van der Waals surface area contributed by atoms with Crippen LogP contribution in [0.15, 0.2) is 48.5 Å². The minimum atomic E-state index is -0.987. The predicted octanol–water partition coefficient (Wildman–Crippen LogP) is 3.20. The molecule has 0 aliphatic rings. The summed E-state index contributed by atoms with van der Waals surface area (Å²) in [5.74, 6) is -0.633. The molecule has 0 aliphatic heterocycles. The number of halogens is 1. The summed E-state index contributed by atoms with van der Waals surface area (Å²) in [7, 11) is 1.50. The number of primary amides is 1. The summed E-state index contributed by atoms with van der Waals surface area (Å²) in [5, 5.41) is 5.61. The van der Waals surface area contributed by atoms with Crippen molar-refractivity contribution >= 4 is 29.5 Å². The number of nitrogens with one attached hydrogen (secondary N) is 2. The van der Waals surface area contributed by atoms with Gasteiger partial charge in [-0.15, -0.1) is 0 Å². The Morgan fingerprint density at radius 2 is 1.70 bits per heavy atom. The molecule has 33 heavy (non-hydrogen) atoms. The number of carbonyl (C=O) groups is 3. The lowest BCUT2D eigenvalue weighted by atomic mass is 10.0. The van der Waals surface area contributed by atoms with Gasteiger partial charge < -0.3 is 25.8 Å². The smallest absolute Gasteiger partial charge is 0.408 e. The van der Waals surface area contributed by atoms with Gasteiger partial charge in [-0.3, -0.25) is 9.59 Å². The lowest BCUT2D eigenvalue weighted by Gasteiger charge is -2.23. The molecule has 0 bridgehead atoms. The quantitative estimate of drug-likeness (QED) is 0.461. The number of amides is 3. The van der Waals surface area contributed by atoms with Gasteiger partial charge >= 0.3 is 6.09 Å². The standard InChI is InChI=1S/C24H30ClN3O5/c1-15(2)11-20(28-24(31)33-14-16-7-5-4-6-8-16)23(30)27-19(22(26)29)13-17-9-10-21(32-3)18(25)12-17/h4-10,12,15,19-20H,11,13-14H2,1-3H3,(H2,26,29)(H,27,30)(H,28,31)/t19-,20-/m0/s1. The molecule has 9 heteroatoms. The van der Waals surface area contributed by atoms with Gasteiger partial charge in [-0.1, -0.05) is 61.8 Å². The van der Waals surface area contributed by atoms with Crippen molar-refractivity contribution in [1.29, 1.82) is 0 Å². The molecule has 0 aliphatic carbocycles. The normalized spacial score (nSPS) is 12.5. The summed E-state index contributed by atoms with van der Waals surface area (Å²) in [6, 6.07) is 12.4. The fourth-order valence-corrected chi connectivity index (χ4v) is 3.46. The van der Waals surface area contributed by atoms with Crippen LogP contribution in [-0.4, -0.2) is 37.1 Å². The van der Waals surface area contributed by atoms with E-state index in [2.05, 4.69) is 10.6 Å². The number of ether oxygens (including phenoxy) is 2. The first-order valence-electron chi connectivity index (χ1n) is 10.6. The summed E-state index contributed by atoms with van der Waals surface area (Å²) in [5.41, 5.74) is 7.04. The van der Waals surface area contributed by atoms with E-state index in [-0.39, 0.29) is 18.9 Å². The van der Waals surface area contributed by atoms with E-state index in [4.69, 9.17) is 26.8 Å². The van der Waals surface area contributed by atoms with E-state index in [1.54, 1.807) is 18.2 Å². The van der Waals surface area contributed by atoms with Crippen LogP contribution in [0.1, 0.15) is 31.4 Å². The van der Waals surface area contributed by atoms with Crippen LogP contribution in [0.5, 0.6) is 5.75 Å². The van der Waals surface area contributed by atoms with Gasteiger partial charge in [0, 0.05) is 6.42 Å². The molecule has 2 atom stereocenters. The Labute approximate surface area is 198 Å². The van der Waals surface area contributed by atoms with Crippen LogP contribution < -0.4 is 21.1 Å². The summed E-state index contributed by atoms with van der Waals surface area (Å²) in [6.07, 6.45) is -0.235. The Balaban J connectivity index is 2.03. The van der Waals surface area contributed by atoms with Crippen LogP contribution in [0.3, 0.4) is 0 Å². The molecule has 2 rings (SSSR count). The van der Waals surface area contributed by atoms with Crippen molar-refractivity contribution < 1.29 is 23.9 Å². The fourth-order valence-electron chi connectivity index (χ4n) is 3.18. The van der Waals surface area contributed by atoms with Crippen molar-refractivity contribution in [1.82, 2.24) is 10.6 Å². The zero-order valence-electron chi connectivity index (χ0n) is 19.0. The SMILES string of the molecule is COc1ccc(C[C@H](NC(=O)[C@H](CC(C)C)NC(=O)OCc2ccccc2)C(N)=O)cc1Cl. The van der Waals surface area contributed by atoms with E-state index in [9.17, 15) is 14.4 Å². The molecule has 0 spiro atoms. The molecule has 0 saturated carbocycles. The fraction of sp³-hybridized carbons (Fsp3) is 0.375. The Kier molecular flexibility index (Phi) is 10.00. The van der Waals surface area contributed by atoms with Gasteiger partial charge in [0.05, 0.1) is 12.1 Å². The van der Waals surface area contributed by atoms with Crippen molar-refractivity contribution in [2.24, 2.45) is 11.7 Å². The first-order valence-corrected chi connectivity index (χ1v) is 11.0. The second-order valence-electron chi connectivity index (χ2n) is 8.02. The minimum absolute atomic E-state index is 0.0742. The van der Waals surface area contributed by atoms with Gasteiger partial charge in [-0.2, -0.15) is 0 Å². The molecule has 4 N–H and O–H groups in total. The number of carbonyl (C=O) groups excluding carboxylic acids is 3. The highest BCUT2D eigenvalue weighted by Gasteiger charge is 2.27. The largest absolute Gasteiger partial charge is 0.495 e. The lowest BCUT2D eigenvalue weighted by molar-refractivity contribution is -0.128. The Hall–Kier alpha value is -3.26. The number of hydrogen-bond acceptors (Lipinski definition) is 5. The molecule has 178 valence electrons. The Bertz CT molecular complexity index is 952. The van der Waals surface area contributed by atoms with E-state index in [0.717, 1.165) is 5.56 Å². The molecular formula is C24H30ClN3O5. The van der Waals surface area contributed by atoms with Crippen molar-refractivity contribution in [3.63, 3.8) is 0 Å². The first kappa shape index (κ1) is 26.0. The topological polar surface area (TPSA) is 120 Å². The van der Waals surface area contributed by atoms with E-state index < -0.39 is 30.0 Å². The average molecular weight is 476 g/mol. The number of nitrogens with two attached hydrogens (primary N) is 1. The van der Waals surface area contributed by atoms with Crippen LogP contribution in [-0.2, 0) is 27.4 Å². The van der Waals surface area contributed by atoms with Crippen molar-refractivity contribution in [2.75, 3.05) is 7.11 Å². The molecule has 0 heterocycles. The van der Waals surface area contributed by atoms with Gasteiger partial charge in [0.1, 0.15) is 24.4 Å². The van der Waals surface area contributed by atoms with Gasteiger partial charge in [-0.25, -0.2) is 4.79 Å². The maximum atomic E-state index is 12.9. The molecule has 0 saturated heterocycles. The summed E-state index contributed by atoms with van der Waals surface area (Å²) in [6.45, 7) is 3.91. The molecule has 2 aromatic carbocycles. The van der Waals surface area contributed by atoms with Crippen LogP contribution >= 0.6 is 11.6 Å². The Morgan fingerprint density at radius 1 is 1.00 bits per heavy atom. The number of methoxy groups -OCH3 is 1. The molecule has 8 nitrogen and oxygen atoms in total. The van der Waals surface area contributed by atoms with Crippen LogP contribution in [0, 0.1) is 5.92 Å². The van der Waals surface area contributed by atoms with Gasteiger partial charge in [0.15, 0.2) is 0 Å². The lowest BCUT2D eigenvalue weighted by Crippen LogP contribution is -2.54. The molecule has 2 aromatic rings. The summed E-state index contributed by atoms with van der Waals surface area (Å²) >= 11 is 6.15. The molecule has 0 fully saturated rings. The predicted molar refractivity (Wildman–Crippen MR) is 126 cm³/mol. The van der Waals surface area contributed by atoms with Crippen LogP contribution in [0.4, 0.5) is 4.79 Å². The van der Waals surface area contributed by atoms with Crippen LogP contribution in [0.2, 0.25) is 5.02 Å². The van der Waals surface area contributed by atoms with E-state index >= 15 is 0 Å². The molecule has 3 amide bonds. The van der Waals surface area contributed by atoms with Crippen molar-refractivity contribution in [2.45, 2.75) is 45.4 Å². The van der Waals surface area contributed by atoms with Crippen LogP contribution in [0.25, 0.3) is 0 Å².